The van der Waals surface area contributed by atoms with E-state index in [1.807, 2.05) is 121 Å². The summed E-state index contributed by atoms with van der Waals surface area (Å²) in [5.74, 6) is 0. The van der Waals surface area contributed by atoms with Gasteiger partial charge in [-0.1, -0.05) is 121 Å². The van der Waals surface area contributed by atoms with Gasteiger partial charge in [-0.05, 0) is 22.3 Å². The van der Waals surface area contributed by atoms with Crippen molar-refractivity contribution in [3.05, 3.63) is 144 Å². The number of aliphatic hydroxyl groups is 2. The number of aliphatic hydroxyl groups excluding tert-OH is 2. The van der Waals surface area contributed by atoms with Crippen molar-refractivity contribution in [1.29, 1.82) is 0 Å². The van der Waals surface area contributed by atoms with Crippen LogP contribution < -0.4 is 0 Å². The minimum atomic E-state index is -1.25. The Kier molecular flexibility index (Phi) is 10.1. The van der Waals surface area contributed by atoms with E-state index in [4.69, 9.17) is 18.9 Å². The number of ether oxygens (including phenoxy) is 4. The van der Waals surface area contributed by atoms with Crippen LogP contribution in [0.4, 0.5) is 0 Å². The first-order valence-corrected chi connectivity index (χ1v) is 13.7. The lowest BCUT2D eigenvalue weighted by Crippen LogP contribution is -2.66. The van der Waals surface area contributed by atoms with Crippen LogP contribution in [0.25, 0.3) is 0 Å². The van der Waals surface area contributed by atoms with Crippen LogP contribution in [0.1, 0.15) is 22.3 Å². The van der Waals surface area contributed by atoms with Gasteiger partial charge in [-0.25, -0.2) is 0 Å². The fraction of sp³-hybridized carbons (Fsp3) is 0.294. The Bertz CT molecular complexity index is 1150. The lowest BCUT2D eigenvalue weighted by Gasteiger charge is -2.47. The summed E-state index contributed by atoms with van der Waals surface area (Å²) in [4.78, 5) is 0. The molecule has 0 radical (unpaired) electrons. The van der Waals surface area contributed by atoms with Gasteiger partial charge in [-0.15, -0.1) is 0 Å². The second-order valence-corrected chi connectivity index (χ2v) is 10.0. The number of hydrogen-bond donors (Lipinski definition) is 2. The summed E-state index contributed by atoms with van der Waals surface area (Å²) in [5.41, 5.74) is 3.87. The van der Waals surface area contributed by atoms with Crippen LogP contribution in [0.5, 0.6) is 0 Å². The molecule has 1 aliphatic carbocycles. The molecule has 6 nitrogen and oxygen atoms in total. The smallest absolute Gasteiger partial charge is 0.116 e. The van der Waals surface area contributed by atoms with Gasteiger partial charge in [-0.3, -0.25) is 0 Å². The van der Waals surface area contributed by atoms with E-state index in [-0.39, 0.29) is 26.4 Å². The van der Waals surface area contributed by atoms with Crippen molar-refractivity contribution >= 4 is 0 Å². The van der Waals surface area contributed by atoms with Crippen LogP contribution in [-0.4, -0.2) is 46.8 Å². The van der Waals surface area contributed by atoms with Crippen LogP contribution in [-0.2, 0) is 45.4 Å². The second kappa shape index (κ2) is 14.3. The Hall–Kier alpha value is -3.36. The van der Waals surface area contributed by atoms with E-state index in [0.717, 1.165) is 22.3 Å². The van der Waals surface area contributed by atoms with Gasteiger partial charge in [0, 0.05) is 0 Å². The molecule has 0 amide bonds. The van der Waals surface area contributed by atoms with Gasteiger partial charge < -0.3 is 29.2 Å². The molecule has 4 aromatic carbocycles. The van der Waals surface area contributed by atoms with Gasteiger partial charge in [-0.2, -0.15) is 0 Å². The van der Waals surface area contributed by atoms with Gasteiger partial charge in [0.15, 0.2) is 0 Å². The molecule has 2 N–H and O–H groups in total. The summed E-state index contributed by atoms with van der Waals surface area (Å²) < 4.78 is 25.5. The van der Waals surface area contributed by atoms with Crippen LogP contribution in [0.15, 0.2) is 121 Å². The Morgan fingerprint density at radius 1 is 0.350 bits per heavy atom. The number of hydrogen-bond acceptors (Lipinski definition) is 6. The Labute approximate surface area is 235 Å². The lowest BCUT2D eigenvalue weighted by molar-refractivity contribution is -0.273. The molecule has 6 heteroatoms. The molecule has 0 spiro atoms. The molecule has 0 bridgehead atoms. The summed E-state index contributed by atoms with van der Waals surface area (Å²) in [6.45, 7) is 1.08. The fourth-order valence-electron chi connectivity index (χ4n) is 4.98. The van der Waals surface area contributed by atoms with E-state index in [0.29, 0.717) is 0 Å². The largest absolute Gasteiger partial charge is 0.387 e. The monoisotopic (exact) mass is 540 g/mol. The molecule has 0 saturated heterocycles. The number of benzene rings is 4. The zero-order valence-electron chi connectivity index (χ0n) is 22.4. The third-order valence-corrected chi connectivity index (χ3v) is 7.14. The van der Waals surface area contributed by atoms with Crippen molar-refractivity contribution in [3.63, 3.8) is 0 Å². The molecule has 5 rings (SSSR count). The summed E-state index contributed by atoms with van der Waals surface area (Å²) in [6, 6.07) is 39.1. The Morgan fingerprint density at radius 3 is 0.825 bits per heavy atom. The van der Waals surface area contributed by atoms with Crippen LogP contribution in [0.3, 0.4) is 0 Å². The highest BCUT2D eigenvalue weighted by molar-refractivity contribution is 5.17. The Morgan fingerprint density at radius 2 is 0.575 bits per heavy atom. The van der Waals surface area contributed by atoms with E-state index < -0.39 is 36.6 Å². The highest BCUT2D eigenvalue weighted by Crippen LogP contribution is 2.32. The highest BCUT2D eigenvalue weighted by atomic mass is 16.6. The van der Waals surface area contributed by atoms with Crippen molar-refractivity contribution in [1.82, 2.24) is 0 Å². The van der Waals surface area contributed by atoms with Gasteiger partial charge >= 0.3 is 0 Å². The standard InChI is InChI=1S/C34H36O6/c35-29-30(36)32(38-22-26-15-7-2-8-16-26)34(40-24-28-19-11-4-12-20-28)33(39-23-27-17-9-3-10-18-27)31(29)37-21-25-13-5-1-6-14-25/h1-20,29-36H,21-24H2/t29-,30-,31-,32+,33-,34-/m1/s1. The predicted octanol–water partition coefficient (Wildman–Crippen LogP) is 5.06. The average molecular weight is 541 g/mol. The maximum absolute atomic E-state index is 11.4. The van der Waals surface area contributed by atoms with E-state index in [2.05, 4.69) is 0 Å². The quantitative estimate of drug-likeness (QED) is 0.262. The van der Waals surface area contributed by atoms with Gasteiger partial charge in [0.2, 0.25) is 0 Å². The van der Waals surface area contributed by atoms with E-state index in [1.54, 1.807) is 0 Å². The molecule has 40 heavy (non-hydrogen) atoms. The summed E-state index contributed by atoms with van der Waals surface area (Å²) in [5, 5.41) is 22.7. The number of rotatable bonds is 12. The zero-order valence-corrected chi connectivity index (χ0v) is 22.4. The average Bonchev–Trinajstić information content (AvgIpc) is 3.01. The minimum Gasteiger partial charge on any atom is -0.387 e. The molecule has 0 heterocycles. The SMILES string of the molecule is O[C@@H]1[C@@H](O)[C@H](OCc2ccccc2)[C@@H](OCc2ccccc2)[C@H](OCc2ccccc2)[C@@H]1OCc1ccccc1. The van der Waals surface area contributed by atoms with Gasteiger partial charge in [0.1, 0.15) is 36.6 Å². The van der Waals surface area contributed by atoms with Gasteiger partial charge in [0.25, 0.3) is 0 Å². The predicted molar refractivity (Wildman–Crippen MR) is 152 cm³/mol. The zero-order chi connectivity index (χ0) is 27.6. The third kappa shape index (κ3) is 7.43. The molecule has 0 aliphatic heterocycles. The van der Waals surface area contributed by atoms with Gasteiger partial charge in [0.05, 0.1) is 26.4 Å². The summed E-state index contributed by atoms with van der Waals surface area (Å²) >= 11 is 0. The minimum absolute atomic E-state index is 0.251. The first-order chi connectivity index (χ1) is 19.7. The molecule has 0 unspecified atom stereocenters. The molecule has 6 atom stereocenters. The summed E-state index contributed by atoms with van der Waals surface area (Å²) in [6.07, 6.45) is -5.63. The van der Waals surface area contributed by atoms with Crippen molar-refractivity contribution in [3.8, 4) is 0 Å². The third-order valence-electron chi connectivity index (χ3n) is 7.14. The lowest BCUT2D eigenvalue weighted by atomic mass is 9.84. The molecular weight excluding hydrogens is 504 g/mol. The topological polar surface area (TPSA) is 77.4 Å². The van der Waals surface area contributed by atoms with Crippen molar-refractivity contribution in [2.75, 3.05) is 0 Å². The first kappa shape index (κ1) is 28.2. The van der Waals surface area contributed by atoms with Crippen LogP contribution in [0.2, 0.25) is 0 Å². The molecule has 4 aromatic rings. The van der Waals surface area contributed by atoms with Crippen molar-refractivity contribution in [2.24, 2.45) is 0 Å². The maximum Gasteiger partial charge on any atom is 0.116 e. The molecule has 1 aliphatic rings. The van der Waals surface area contributed by atoms with Crippen molar-refractivity contribution < 1.29 is 29.2 Å². The van der Waals surface area contributed by atoms with Crippen molar-refractivity contribution in [2.45, 2.75) is 63.1 Å². The maximum atomic E-state index is 11.4. The normalized spacial score (nSPS) is 24.6. The van der Waals surface area contributed by atoms with E-state index in [1.165, 1.54) is 0 Å². The fourth-order valence-corrected chi connectivity index (χ4v) is 4.98. The second-order valence-electron chi connectivity index (χ2n) is 10.0. The van der Waals surface area contributed by atoms with Crippen LogP contribution >= 0.6 is 0 Å². The van der Waals surface area contributed by atoms with E-state index >= 15 is 0 Å². The molecular formula is C34H36O6. The first-order valence-electron chi connectivity index (χ1n) is 13.7. The summed E-state index contributed by atoms with van der Waals surface area (Å²) in [7, 11) is 0. The molecule has 1 fully saturated rings. The molecule has 0 aromatic heterocycles. The molecule has 208 valence electrons. The van der Waals surface area contributed by atoms with Crippen LogP contribution in [0, 0.1) is 0 Å². The molecule has 1 saturated carbocycles. The van der Waals surface area contributed by atoms with E-state index in [9.17, 15) is 10.2 Å². The highest BCUT2D eigenvalue weighted by Gasteiger charge is 2.52. The Balaban J connectivity index is 1.42.